The van der Waals surface area contributed by atoms with Gasteiger partial charge in [-0.05, 0) is 41.4 Å². The molecule has 5 rings (SSSR count). The van der Waals surface area contributed by atoms with Crippen LogP contribution in [0.25, 0.3) is 11.0 Å². The Morgan fingerprint density at radius 1 is 1.26 bits per heavy atom. The van der Waals surface area contributed by atoms with Crippen LogP contribution in [0.2, 0.25) is 0 Å². The molecule has 0 radical (unpaired) electrons. The van der Waals surface area contributed by atoms with Gasteiger partial charge >= 0.3 is 18.3 Å². The number of fused-ring (bicyclic) bond motifs is 2. The number of carboxylic acid groups (broad SMARTS) is 1. The van der Waals surface area contributed by atoms with E-state index in [9.17, 15) is 27.5 Å². The maximum atomic E-state index is 14.1. The zero-order valence-corrected chi connectivity index (χ0v) is 20.0. The summed E-state index contributed by atoms with van der Waals surface area (Å²) < 4.78 is 65.9. The van der Waals surface area contributed by atoms with Gasteiger partial charge in [-0.2, -0.15) is 23.1 Å². The predicted molar refractivity (Wildman–Crippen MR) is 117 cm³/mol. The Hall–Kier alpha value is -2.48. The van der Waals surface area contributed by atoms with Crippen molar-refractivity contribution in [3.63, 3.8) is 0 Å². The third-order valence-corrected chi connectivity index (χ3v) is 7.37. The minimum Gasteiger partial charge on any atom is -0.471 e. The fraction of sp³-hybridized carbons (Fsp3) is 0.619. The largest absolute Gasteiger partial charge is 0.471 e. The number of carbonyl (C=O) groups is 1. The summed E-state index contributed by atoms with van der Waals surface area (Å²) in [4.78, 5) is 26.6. The van der Waals surface area contributed by atoms with Gasteiger partial charge in [-0.3, -0.25) is 4.90 Å². The Bertz CT molecular complexity index is 1150. The number of nitrogens with zero attached hydrogens (tertiary/aromatic N) is 5. The van der Waals surface area contributed by atoms with E-state index < -0.39 is 35.8 Å². The van der Waals surface area contributed by atoms with Crippen LogP contribution in [0.1, 0.15) is 31.4 Å². The van der Waals surface area contributed by atoms with Gasteiger partial charge < -0.3 is 19.5 Å². The molecule has 2 aromatic heterocycles. The smallest absolute Gasteiger partial charge is 0.434 e. The van der Waals surface area contributed by atoms with Gasteiger partial charge in [-0.15, -0.1) is 0 Å². The molecule has 9 nitrogen and oxygen atoms in total. The third-order valence-electron chi connectivity index (χ3n) is 6.76. The minimum absolute atomic E-state index is 0.0373. The third kappa shape index (κ3) is 4.69. The van der Waals surface area contributed by atoms with E-state index in [-0.39, 0.29) is 47.1 Å². The molecule has 3 fully saturated rings. The van der Waals surface area contributed by atoms with Crippen molar-refractivity contribution >= 4 is 33.1 Å². The van der Waals surface area contributed by atoms with E-state index in [1.54, 1.807) is 0 Å². The van der Waals surface area contributed by atoms with Gasteiger partial charge in [0.1, 0.15) is 24.4 Å². The maximum Gasteiger partial charge on any atom is 0.434 e. The number of amides is 1. The predicted octanol–water partition coefficient (Wildman–Crippen LogP) is 3.89. The summed E-state index contributed by atoms with van der Waals surface area (Å²) in [5.74, 6) is -0.226. The number of alkyl halides is 4. The summed E-state index contributed by atoms with van der Waals surface area (Å²) in [6.45, 7) is 1.51. The summed E-state index contributed by atoms with van der Waals surface area (Å²) >= 11 is 2.90. The topological polar surface area (TPSA) is 101 Å². The van der Waals surface area contributed by atoms with Crippen LogP contribution in [0, 0.1) is 0 Å². The number of pyridine rings is 1. The second kappa shape index (κ2) is 8.87. The number of rotatable bonds is 5. The van der Waals surface area contributed by atoms with Crippen LogP contribution in [0.15, 0.2) is 10.5 Å². The van der Waals surface area contributed by atoms with Gasteiger partial charge in [0, 0.05) is 25.9 Å². The van der Waals surface area contributed by atoms with E-state index >= 15 is 0 Å². The lowest BCUT2D eigenvalue weighted by Crippen LogP contribution is -2.43. The Balaban J connectivity index is 1.47. The first kappa shape index (κ1) is 24.2. The standard InChI is InChI=1S/C21H22BrF4N5O4/c22-13-6-14-15(28-16(13)21(24,25)26)17(35-12-2-5-30(9-12)19(32)33)29-18(27-14)34-10-20-3-1-4-31(20)8-11(23)7-20/h6,11-12H,1-5,7-10H2,(H,32,33)/t11-,12?,20+/m1/s1. The van der Waals surface area contributed by atoms with Crippen LogP contribution in [0.3, 0.4) is 0 Å². The molecule has 3 aliphatic rings. The van der Waals surface area contributed by atoms with Crippen LogP contribution in [-0.2, 0) is 6.18 Å². The molecule has 14 heteroatoms. The number of halogens is 5. The average Bonchev–Trinajstić information content (AvgIpc) is 3.45. The molecule has 2 aromatic rings. The molecule has 3 atom stereocenters. The highest BCUT2D eigenvalue weighted by Gasteiger charge is 2.49. The van der Waals surface area contributed by atoms with Crippen molar-refractivity contribution in [2.24, 2.45) is 0 Å². The molecule has 190 valence electrons. The summed E-state index contributed by atoms with van der Waals surface area (Å²) in [6, 6.07) is 1.04. The van der Waals surface area contributed by atoms with Gasteiger partial charge in [-0.1, -0.05) is 0 Å². The number of aromatic nitrogens is 3. The Morgan fingerprint density at radius 3 is 2.77 bits per heavy atom. The highest BCUT2D eigenvalue weighted by molar-refractivity contribution is 9.10. The van der Waals surface area contributed by atoms with Crippen molar-refractivity contribution < 1.29 is 36.9 Å². The number of ether oxygens (including phenoxy) is 2. The van der Waals surface area contributed by atoms with E-state index in [0.717, 1.165) is 30.4 Å². The molecule has 0 aliphatic carbocycles. The van der Waals surface area contributed by atoms with Crippen molar-refractivity contribution in [2.75, 3.05) is 32.8 Å². The Labute approximate surface area is 205 Å². The summed E-state index contributed by atoms with van der Waals surface area (Å²) in [5.41, 5.74) is -1.78. The number of likely N-dealkylation sites (tertiary alicyclic amines) is 1. The molecule has 1 N–H and O–H groups in total. The van der Waals surface area contributed by atoms with Gasteiger partial charge in [0.15, 0.2) is 11.2 Å². The molecule has 3 saturated heterocycles. The van der Waals surface area contributed by atoms with Crippen LogP contribution < -0.4 is 9.47 Å². The molecular formula is C21H22BrF4N5O4. The van der Waals surface area contributed by atoms with Crippen LogP contribution >= 0.6 is 15.9 Å². The minimum atomic E-state index is -4.73. The summed E-state index contributed by atoms with van der Waals surface area (Å²) in [7, 11) is 0. The number of hydrogen-bond acceptors (Lipinski definition) is 7. The summed E-state index contributed by atoms with van der Waals surface area (Å²) in [6.07, 6.45) is -5.06. The van der Waals surface area contributed by atoms with Gasteiger partial charge in [-0.25, -0.2) is 14.2 Å². The van der Waals surface area contributed by atoms with Crippen molar-refractivity contribution in [1.82, 2.24) is 24.8 Å². The first-order chi connectivity index (χ1) is 16.5. The van der Waals surface area contributed by atoms with E-state index in [1.165, 1.54) is 0 Å². The lowest BCUT2D eigenvalue weighted by atomic mass is 9.95. The zero-order valence-electron chi connectivity index (χ0n) is 18.4. The normalized spacial score (nSPS) is 26.9. The fourth-order valence-corrected chi connectivity index (χ4v) is 5.67. The molecule has 0 saturated carbocycles. The first-order valence-corrected chi connectivity index (χ1v) is 12.0. The van der Waals surface area contributed by atoms with Crippen molar-refractivity contribution in [3.05, 3.63) is 16.2 Å². The second-order valence-corrected chi connectivity index (χ2v) is 9.97. The van der Waals surface area contributed by atoms with Crippen LogP contribution in [0.5, 0.6) is 11.9 Å². The molecule has 3 aliphatic heterocycles. The van der Waals surface area contributed by atoms with Gasteiger partial charge in [0.2, 0.25) is 5.88 Å². The Kier molecular flexibility index (Phi) is 6.14. The highest BCUT2D eigenvalue weighted by Crippen LogP contribution is 2.41. The van der Waals surface area contributed by atoms with Crippen molar-refractivity contribution in [2.45, 2.75) is 49.7 Å². The zero-order chi connectivity index (χ0) is 25.0. The molecule has 0 aromatic carbocycles. The summed E-state index contributed by atoms with van der Waals surface area (Å²) in [5, 5.41) is 9.19. The molecule has 1 unspecified atom stereocenters. The van der Waals surface area contributed by atoms with Gasteiger partial charge in [0.25, 0.3) is 0 Å². The molecule has 0 bridgehead atoms. The lowest BCUT2D eigenvalue weighted by molar-refractivity contribution is -0.141. The SMILES string of the molecule is O=C(O)N1CCC(Oc2nc(OC[C@@]34CCCN3C[C@H](F)C4)nc3cc(Br)c(C(F)(F)F)nc23)C1. The maximum absolute atomic E-state index is 14.1. The average molecular weight is 564 g/mol. The lowest BCUT2D eigenvalue weighted by Gasteiger charge is -2.30. The van der Waals surface area contributed by atoms with Crippen molar-refractivity contribution in [3.8, 4) is 11.9 Å². The second-order valence-electron chi connectivity index (χ2n) is 9.12. The molecule has 5 heterocycles. The molecular weight excluding hydrogens is 542 g/mol. The van der Waals surface area contributed by atoms with Crippen LogP contribution in [-0.4, -0.2) is 86.6 Å². The van der Waals surface area contributed by atoms with E-state index in [4.69, 9.17) is 9.47 Å². The highest BCUT2D eigenvalue weighted by atomic mass is 79.9. The quantitative estimate of drug-likeness (QED) is 0.547. The first-order valence-electron chi connectivity index (χ1n) is 11.2. The molecule has 1 amide bonds. The molecule has 35 heavy (non-hydrogen) atoms. The van der Waals surface area contributed by atoms with Gasteiger partial charge in [0.05, 0.1) is 16.6 Å². The number of hydrogen-bond donors (Lipinski definition) is 1. The van der Waals surface area contributed by atoms with E-state index in [0.29, 0.717) is 19.4 Å². The monoisotopic (exact) mass is 563 g/mol. The Morgan fingerprint density at radius 2 is 2.06 bits per heavy atom. The van der Waals surface area contributed by atoms with E-state index in [1.807, 2.05) is 0 Å². The fourth-order valence-electron chi connectivity index (χ4n) is 5.14. The van der Waals surface area contributed by atoms with Crippen LogP contribution in [0.4, 0.5) is 22.4 Å². The molecule has 0 spiro atoms. The van der Waals surface area contributed by atoms with Crippen molar-refractivity contribution in [1.29, 1.82) is 0 Å². The van der Waals surface area contributed by atoms with E-state index in [2.05, 4.69) is 35.8 Å².